The van der Waals surface area contributed by atoms with Crippen LogP contribution in [0.2, 0.25) is 0 Å². The van der Waals surface area contributed by atoms with Crippen LogP contribution in [0.25, 0.3) is 0 Å². The number of aryl methyl sites for hydroxylation is 1. The highest BCUT2D eigenvalue weighted by atomic mass is 19.4. The number of alkyl halides is 6. The first-order valence-corrected chi connectivity index (χ1v) is 11.1. The van der Waals surface area contributed by atoms with Gasteiger partial charge in [-0.15, -0.1) is 0 Å². The Hall–Kier alpha value is -3.83. The van der Waals surface area contributed by atoms with Crippen LogP contribution in [-0.2, 0) is 6.18 Å². The molecule has 1 unspecified atom stereocenters. The number of carbonyl (C=O) groups excluding carboxylic acids is 1. The highest BCUT2D eigenvalue weighted by molar-refractivity contribution is 6.03. The molecule has 0 saturated heterocycles. The van der Waals surface area contributed by atoms with Crippen LogP contribution < -0.4 is 10.3 Å². The van der Waals surface area contributed by atoms with Crippen molar-refractivity contribution < 1.29 is 35.5 Å². The second-order valence-electron chi connectivity index (χ2n) is 8.60. The smallest absolute Gasteiger partial charge is 0.360 e. The Morgan fingerprint density at radius 3 is 2.35 bits per heavy atom. The van der Waals surface area contributed by atoms with Gasteiger partial charge in [0.1, 0.15) is 12.4 Å². The molecule has 5 nitrogen and oxygen atoms in total. The lowest BCUT2D eigenvalue weighted by atomic mass is 9.98. The molecule has 1 atom stereocenters. The van der Waals surface area contributed by atoms with Gasteiger partial charge in [0.2, 0.25) is 0 Å². The predicted octanol–water partition coefficient (Wildman–Crippen LogP) is 6.44. The Morgan fingerprint density at radius 1 is 1.08 bits per heavy atom. The van der Waals surface area contributed by atoms with Crippen molar-refractivity contribution in [2.75, 3.05) is 11.6 Å². The Bertz CT molecular complexity index is 1340. The van der Waals surface area contributed by atoms with Gasteiger partial charge in [0.15, 0.2) is 0 Å². The van der Waals surface area contributed by atoms with Crippen LogP contribution in [-0.4, -0.2) is 29.3 Å². The molecule has 3 aromatic rings. The molecule has 0 aliphatic carbocycles. The summed E-state index contributed by atoms with van der Waals surface area (Å²) >= 11 is 0. The number of nitrogens with zero attached hydrogens (tertiary/aromatic N) is 2. The average Bonchev–Trinajstić information content (AvgIpc) is 3.37. The van der Waals surface area contributed by atoms with Gasteiger partial charge in [-0.3, -0.25) is 9.80 Å². The predicted molar refractivity (Wildman–Crippen MR) is 123 cm³/mol. The third-order valence-corrected chi connectivity index (χ3v) is 6.02. The lowest BCUT2D eigenvalue weighted by Crippen LogP contribution is -2.34. The molecule has 2 N–H and O–H groups in total. The monoisotopic (exact) mass is 526 g/mol. The maximum absolute atomic E-state index is 14.3. The zero-order valence-corrected chi connectivity index (χ0v) is 19.6. The van der Waals surface area contributed by atoms with Crippen molar-refractivity contribution >= 4 is 17.3 Å². The number of carbonyl (C=O) groups is 1. The van der Waals surface area contributed by atoms with Crippen LogP contribution >= 0.6 is 0 Å². The van der Waals surface area contributed by atoms with Crippen molar-refractivity contribution in [1.82, 2.24) is 10.3 Å². The van der Waals surface area contributed by atoms with Gasteiger partial charge in [0.25, 0.3) is 5.91 Å². The maximum Gasteiger partial charge on any atom is 0.419 e. The number of para-hydroxylation sites is 1. The fourth-order valence-corrected chi connectivity index (χ4v) is 4.37. The van der Waals surface area contributed by atoms with Gasteiger partial charge in [-0.1, -0.05) is 24.3 Å². The molecule has 2 heterocycles. The summed E-state index contributed by atoms with van der Waals surface area (Å²) in [5.41, 5.74) is 0.966. The van der Waals surface area contributed by atoms with E-state index in [1.54, 1.807) is 49.2 Å². The van der Waals surface area contributed by atoms with E-state index in [0.717, 1.165) is 12.1 Å². The van der Waals surface area contributed by atoms with E-state index in [9.17, 15) is 35.5 Å². The van der Waals surface area contributed by atoms with E-state index in [1.807, 2.05) is 5.32 Å². The fraction of sp³-hybridized carbons (Fsp3) is 0.280. The number of rotatable bonds is 5. The number of aromatic amines is 1. The molecule has 1 aliphatic rings. The van der Waals surface area contributed by atoms with E-state index in [0.29, 0.717) is 34.4 Å². The minimum Gasteiger partial charge on any atom is -0.360 e. The molecule has 0 fully saturated rings. The van der Waals surface area contributed by atoms with Crippen LogP contribution in [0.5, 0.6) is 0 Å². The highest BCUT2D eigenvalue weighted by Crippen LogP contribution is 2.39. The molecule has 2 aromatic carbocycles. The van der Waals surface area contributed by atoms with Gasteiger partial charge in [-0.2, -0.15) is 31.4 Å². The summed E-state index contributed by atoms with van der Waals surface area (Å²) in [6, 6.07) is 10.7. The first kappa shape index (κ1) is 26.2. The van der Waals surface area contributed by atoms with Crippen molar-refractivity contribution in [2.24, 2.45) is 5.10 Å². The molecule has 12 heteroatoms. The molecule has 4 rings (SSSR count). The number of amides is 1. The molecule has 1 aliphatic heterocycles. The number of nitrogens with one attached hydrogen (secondary N) is 2. The van der Waals surface area contributed by atoms with Gasteiger partial charge < -0.3 is 10.3 Å². The molecular weight excluding hydrogens is 505 g/mol. The fourth-order valence-electron chi connectivity index (χ4n) is 4.37. The second-order valence-corrected chi connectivity index (χ2v) is 8.60. The van der Waals surface area contributed by atoms with Gasteiger partial charge >= 0.3 is 12.4 Å². The van der Waals surface area contributed by atoms with Crippen LogP contribution in [0.3, 0.4) is 0 Å². The topological polar surface area (TPSA) is 60.5 Å². The first-order valence-electron chi connectivity index (χ1n) is 11.1. The zero-order valence-electron chi connectivity index (χ0n) is 19.6. The van der Waals surface area contributed by atoms with E-state index in [1.165, 1.54) is 0 Å². The normalized spacial score (nSPS) is 16.2. The van der Waals surface area contributed by atoms with Gasteiger partial charge in [0, 0.05) is 23.4 Å². The highest BCUT2D eigenvalue weighted by Gasteiger charge is 2.37. The third kappa shape index (κ3) is 5.47. The molecule has 0 radical (unpaired) electrons. The Balaban J connectivity index is 1.71. The van der Waals surface area contributed by atoms with Gasteiger partial charge in [-0.05, 0) is 43.7 Å². The van der Waals surface area contributed by atoms with Crippen LogP contribution in [0.1, 0.15) is 50.9 Å². The van der Waals surface area contributed by atoms with E-state index < -0.39 is 42.2 Å². The van der Waals surface area contributed by atoms with Crippen LogP contribution in [0.15, 0.2) is 53.6 Å². The maximum atomic E-state index is 14.3. The number of benzene rings is 2. The van der Waals surface area contributed by atoms with Crippen molar-refractivity contribution in [2.45, 2.75) is 38.7 Å². The van der Waals surface area contributed by atoms with Crippen molar-refractivity contribution in [3.63, 3.8) is 0 Å². The standard InChI is InChI=1S/C25H21F7N4O/c1-13-21(23(37)33-12-24(27,28)29)14(2)34-22(13)20-11-19(35-36(20)16-6-4-3-5-7-16)15-8-9-17(18(26)10-15)25(30,31)32/h3-10,20,34H,11-12H2,1-2H3,(H,33,37). The minimum atomic E-state index is -4.85. The van der Waals surface area contributed by atoms with Crippen molar-refractivity contribution in [3.05, 3.63) is 88.0 Å². The second kappa shape index (κ2) is 9.56. The lowest BCUT2D eigenvalue weighted by molar-refractivity contribution is -0.140. The van der Waals surface area contributed by atoms with Gasteiger partial charge in [0.05, 0.1) is 28.6 Å². The molecule has 196 valence electrons. The summed E-state index contributed by atoms with van der Waals surface area (Å²) in [4.78, 5) is 15.6. The van der Waals surface area contributed by atoms with Crippen LogP contribution in [0.4, 0.5) is 36.4 Å². The Labute approximate surface area is 207 Å². The van der Waals surface area contributed by atoms with Crippen molar-refractivity contribution in [3.8, 4) is 0 Å². The molecule has 0 spiro atoms. The number of H-pyrrole nitrogens is 1. The van der Waals surface area contributed by atoms with E-state index in [4.69, 9.17) is 0 Å². The number of hydrazone groups is 1. The van der Waals surface area contributed by atoms with Gasteiger partial charge in [-0.25, -0.2) is 4.39 Å². The Morgan fingerprint density at radius 2 is 1.76 bits per heavy atom. The summed E-state index contributed by atoms with van der Waals surface area (Å²) in [7, 11) is 0. The lowest BCUT2D eigenvalue weighted by Gasteiger charge is -2.23. The molecule has 0 saturated carbocycles. The van der Waals surface area contributed by atoms with Crippen LogP contribution in [0, 0.1) is 19.7 Å². The average molecular weight is 526 g/mol. The largest absolute Gasteiger partial charge is 0.419 e. The molecular formula is C25H21F7N4O. The third-order valence-electron chi connectivity index (χ3n) is 6.02. The van der Waals surface area contributed by atoms with E-state index in [2.05, 4.69) is 10.1 Å². The molecule has 1 aromatic heterocycles. The summed E-state index contributed by atoms with van der Waals surface area (Å²) in [5.74, 6) is -2.33. The molecule has 37 heavy (non-hydrogen) atoms. The summed E-state index contributed by atoms with van der Waals surface area (Å²) in [6.07, 6.45) is -9.30. The zero-order chi connectivity index (χ0) is 27.1. The molecule has 1 amide bonds. The number of hydrogen-bond donors (Lipinski definition) is 2. The van der Waals surface area contributed by atoms with E-state index >= 15 is 0 Å². The minimum absolute atomic E-state index is 0.0567. The summed E-state index contributed by atoms with van der Waals surface area (Å²) in [6.45, 7) is 1.64. The summed E-state index contributed by atoms with van der Waals surface area (Å²) < 4.78 is 91.2. The molecule has 0 bridgehead atoms. The number of anilines is 1. The first-order chi connectivity index (χ1) is 17.3. The number of aromatic nitrogens is 1. The van der Waals surface area contributed by atoms with Crippen molar-refractivity contribution in [1.29, 1.82) is 0 Å². The summed E-state index contributed by atoms with van der Waals surface area (Å²) in [5, 5.41) is 8.00. The number of halogens is 7. The Kier molecular flexibility index (Phi) is 6.78. The number of hydrogen-bond acceptors (Lipinski definition) is 3. The van der Waals surface area contributed by atoms with E-state index in [-0.39, 0.29) is 17.5 Å². The quantitative estimate of drug-likeness (QED) is 0.376. The SMILES string of the molecule is Cc1[nH]c(C2CC(c3ccc(C(F)(F)F)c(F)c3)=NN2c2ccccc2)c(C)c1C(=O)NCC(F)(F)F.